The first-order chi connectivity index (χ1) is 13.9. The first-order valence-corrected chi connectivity index (χ1v) is 11.8. The summed E-state index contributed by atoms with van der Waals surface area (Å²) in [4.78, 5) is 13.0. The van der Waals surface area contributed by atoms with E-state index in [9.17, 15) is 4.79 Å². The number of carbonyl (C=O) groups excluding carboxylic acids is 1. The molecule has 2 nitrogen and oxygen atoms in total. The standard InChI is InChI=1S/C25H25ClNOP.ClH/c1-25(2,3)24(28)27-23(19-26)29(20-13-7-4-8-14-20,21-15-9-5-10-16-21)22-17-11-6-12-18-22;/h4-19H,1-3H3;1H. The molecule has 0 heterocycles. The second-order valence-corrected chi connectivity index (χ2v) is 11.5. The lowest BCUT2D eigenvalue weighted by molar-refractivity contribution is -0.127. The van der Waals surface area contributed by atoms with E-state index in [1.54, 1.807) is 5.54 Å². The molecular weight excluding hydrogens is 432 g/mol. The average Bonchev–Trinajstić information content (AvgIpc) is 2.75. The number of halogens is 2. The van der Waals surface area contributed by atoms with Gasteiger partial charge >= 0.3 is 0 Å². The van der Waals surface area contributed by atoms with Crippen LogP contribution in [0.3, 0.4) is 0 Å². The molecular formula is C25H26Cl2NOP. The Morgan fingerprint density at radius 1 is 0.767 bits per heavy atom. The third-order valence-electron chi connectivity index (χ3n) is 4.82. The van der Waals surface area contributed by atoms with Crippen molar-refractivity contribution in [2.45, 2.75) is 20.8 Å². The summed E-state index contributed by atoms with van der Waals surface area (Å²) in [5.74, 6) is -0.0587. The summed E-state index contributed by atoms with van der Waals surface area (Å²) in [5.41, 5.74) is 1.75. The lowest BCUT2D eigenvalue weighted by Gasteiger charge is -2.30. The molecule has 0 bridgehead atoms. The van der Waals surface area contributed by atoms with Gasteiger partial charge in [-0.3, -0.25) is 10.1 Å². The number of benzene rings is 3. The quantitative estimate of drug-likeness (QED) is 0.584. The van der Waals surface area contributed by atoms with E-state index >= 15 is 0 Å². The smallest absolute Gasteiger partial charge is 0.232 e. The van der Waals surface area contributed by atoms with Crippen LogP contribution in [0.15, 0.2) is 102 Å². The summed E-state index contributed by atoms with van der Waals surface area (Å²) in [6.07, 6.45) is 0. The van der Waals surface area contributed by atoms with Crippen LogP contribution in [0, 0.1) is 5.41 Å². The number of nitrogens with one attached hydrogen (secondary N) is 1. The molecule has 0 fully saturated rings. The van der Waals surface area contributed by atoms with Crippen molar-refractivity contribution in [2.24, 2.45) is 5.41 Å². The molecule has 156 valence electrons. The first-order valence-electron chi connectivity index (χ1n) is 9.59. The highest BCUT2D eigenvalue weighted by atomic mass is 35.5. The predicted octanol–water partition coefficient (Wildman–Crippen LogP) is 2.18. The van der Waals surface area contributed by atoms with Crippen molar-refractivity contribution in [3.63, 3.8) is 0 Å². The van der Waals surface area contributed by atoms with E-state index in [0.29, 0.717) is 0 Å². The van der Waals surface area contributed by atoms with Crippen LogP contribution in [0.5, 0.6) is 0 Å². The molecule has 0 saturated heterocycles. The minimum atomic E-state index is -2.39. The minimum Gasteiger partial charge on any atom is -1.00 e. The van der Waals surface area contributed by atoms with Crippen LogP contribution < -0.4 is 33.6 Å². The molecule has 0 aliphatic rings. The van der Waals surface area contributed by atoms with Gasteiger partial charge < -0.3 is 12.4 Å². The number of rotatable bonds is 5. The van der Waals surface area contributed by atoms with E-state index in [1.807, 2.05) is 75.4 Å². The van der Waals surface area contributed by atoms with Gasteiger partial charge in [0.25, 0.3) is 0 Å². The summed E-state index contributed by atoms with van der Waals surface area (Å²) >= 11 is 6.45. The van der Waals surface area contributed by atoms with Crippen LogP contribution in [0.1, 0.15) is 20.8 Å². The molecule has 0 aliphatic carbocycles. The minimum absolute atomic E-state index is 0. The van der Waals surface area contributed by atoms with Gasteiger partial charge in [0.15, 0.2) is 12.7 Å². The van der Waals surface area contributed by atoms with Gasteiger partial charge in [0.1, 0.15) is 15.9 Å². The van der Waals surface area contributed by atoms with Crippen molar-refractivity contribution in [2.75, 3.05) is 0 Å². The van der Waals surface area contributed by atoms with Gasteiger partial charge in [-0.1, -0.05) is 87.0 Å². The molecule has 1 N–H and O–H groups in total. The Kier molecular flexibility index (Phi) is 8.26. The second kappa shape index (κ2) is 10.3. The average molecular weight is 458 g/mol. The normalized spacial score (nSPS) is 12.1. The van der Waals surface area contributed by atoms with E-state index < -0.39 is 12.7 Å². The Morgan fingerprint density at radius 2 is 1.10 bits per heavy atom. The number of hydrogen-bond acceptors (Lipinski definition) is 1. The van der Waals surface area contributed by atoms with Crippen LogP contribution in [-0.4, -0.2) is 5.91 Å². The van der Waals surface area contributed by atoms with E-state index in [1.165, 1.54) is 0 Å². The molecule has 30 heavy (non-hydrogen) atoms. The Balaban J connectivity index is 0.00000320. The molecule has 3 aromatic carbocycles. The van der Waals surface area contributed by atoms with Crippen molar-refractivity contribution in [1.82, 2.24) is 5.32 Å². The van der Waals surface area contributed by atoms with Crippen molar-refractivity contribution < 1.29 is 17.2 Å². The molecule has 0 saturated carbocycles. The zero-order valence-electron chi connectivity index (χ0n) is 17.3. The monoisotopic (exact) mass is 457 g/mol. The summed E-state index contributed by atoms with van der Waals surface area (Å²) in [7, 11) is -2.39. The van der Waals surface area contributed by atoms with E-state index in [0.717, 1.165) is 21.4 Å². The van der Waals surface area contributed by atoms with Crippen LogP contribution in [0.4, 0.5) is 0 Å². The highest BCUT2D eigenvalue weighted by Crippen LogP contribution is 2.61. The second-order valence-electron chi connectivity index (χ2n) is 7.88. The molecule has 1 amide bonds. The van der Waals surface area contributed by atoms with E-state index in [4.69, 9.17) is 11.6 Å². The van der Waals surface area contributed by atoms with E-state index in [-0.39, 0.29) is 18.3 Å². The Hall–Kier alpha value is -2.12. The van der Waals surface area contributed by atoms with Gasteiger partial charge in [0, 0.05) is 5.41 Å². The van der Waals surface area contributed by atoms with Crippen molar-refractivity contribution in [3.8, 4) is 0 Å². The maximum Gasteiger partial charge on any atom is 0.232 e. The van der Waals surface area contributed by atoms with Crippen LogP contribution in [0.25, 0.3) is 0 Å². The van der Waals surface area contributed by atoms with Crippen LogP contribution in [0.2, 0.25) is 0 Å². The highest BCUT2D eigenvalue weighted by molar-refractivity contribution is 7.99. The fourth-order valence-corrected chi connectivity index (χ4v) is 7.80. The first kappa shape index (κ1) is 24.2. The van der Waals surface area contributed by atoms with Gasteiger partial charge in [-0.25, -0.2) is 0 Å². The van der Waals surface area contributed by atoms with Crippen molar-refractivity contribution in [3.05, 3.63) is 102 Å². The summed E-state index contributed by atoms with van der Waals surface area (Å²) < 4.78 is 0. The van der Waals surface area contributed by atoms with Gasteiger partial charge in [0.2, 0.25) is 5.91 Å². The summed E-state index contributed by atoms with van der Waals surface area (Å²) in [6.45, 7) is 5.71. The zero-order chi connectivity index (χ0) is 20.9. The molecule has 0 spiro atoms. The third-order valence-corrected chi connectivity index (χ3v) is 9.37. The topological polar surface area (TPSA) is 29.1 Å². The fourth-order valence-electron chi connectivity index (χ4n) is 3.31. The largest absolute Gasteiger partial charge is 1.00 e. The Bertz CT molecular complexity index is 887. The Morgan fingerprint density at radius 3 is 1.37 bits per heavy atom. The number of amides is 1. The van der Waals surface area contributed by atoms with Gasteiger partial charge in [-0.2, -0.15) is 0 Å². The van der Waals surface area contributed by atoms with Crippen LogP contribution >= 0.6 is 18.9 Å². The van der Waals surface area contributed by atoms with Gasteiger partial charge in [-0.15, -0.1) is 0 Å². The van der Waals surface area contributed by atoms with Crippen LogP contribution in [-0.2, 0) is 4.79 Å². The molecule has 3 aromatic rings. The molecule has 5 heteroatoms. The van der Waals surface area contributed by atoms with Crippen molar-refractivity contribution >= 4 is 40.7 Å². The maximum absolute atomic E-state index is 13.0. The molecule has 0 unspecified atom stereocenters. The predicted molar refractivity (Wildman–Crippen MR) is 127 cm³/mol. The van der Waals surface area contributed by atoms with Gasteiger partial charge in [-0.05, 0) is 36.4 Å². The lowest BCUT2D eigenvalue weighted by atomic mass is 9.96. The molecule has 3 rings (SSSR count). The van der Waals surface area contributed by atoms with E-state index in [2.05, 4.69) is 41.7 Å². The summed E-state index contributed by atoms with van der Waals surface area (Å²) in [5, 5.41) is 6.60. The van der Waals surface area contributed by atoms with Crippen molar-refractivity contribution in [1.29, 1.82) is 0 Å². The molecule has 0 atom stereocenters. The zero-order valence-corrected chi connectivity index (χ0v) is 19.8. The van der Waals surface area contributed by atoms with Gasteiger partial charge in [0.05, 0.1) is 5.54 Å². The molecule has 0 radical (unpaired) electrons. The molecule has 0 aromatic heterocycles. The SMILES string of the molecule is CC(C)(C)C(=O)NC(=CCl)[P+](c1ccccc1)(c1ccccc1)c1ccccc1.[Cl-]. The lowest BCUT2D eigenvalue weighted by Crippen LogP contribution is -3.00. The summed E-state index contributed by atoms with van der Waals surface area (Å²) in [6, 6.07) is 31.0. The Labute approximate surface area is 191 Å². The number of carbonyl (C=O) groups is 1. The highest BCUT2D eigenvalue weighted by Gasteiger charge is 2.51. The maximum atomic E-state index is 13.0. The fraction of sp³-hybridized carbons (Fsp3) is 0.160. The molecule has 0 aliphatic heterocycles. The third kappa shape index (κ3) is 4.78. The number of hydrogen-bond donors (Lipinski definition) is 1.